The number of anilines is 1. The fraction of sp³-hybridized carbons (Fsp3) is 0.500. The fourth-order valence-electron chi connectivity index (χ4n) is 1.57. The molecule has 0 aliphatic heterocycles. The molecule has 1 aromatic heterocycles. The van der Waals surface area contributed by atoms with E-state index in [9.17, 15) is 4.79 Å². The maximum Gasteiger partial charge on any atom is 0.160 e. The van der Waals surface area contributed by atoms with Gasteiger partial charge in [0.1, 0.15) is 0 Å². The van der Waals surface area contributed by atoms with Crippen molar-refractivity contribution < 1.29 is 4.79 Å². The molecule has 13 heavy (non-hydrogen) atoms. The highest BCUT2D eigenvalue weighted by Crippen LogP contribution is 2.30. The Hall–Kier alpha value is -0.830. The van der Waals surface area contributed by atoms with Crippen LogP contribution in [0.3, 0.4) is 0 Å². The average Bonchev–Trinajstić information content (AvgIpc) is 2.48. The van der Waals surface area contributed by atoms with Crippen molar-refractivity contribution in [1.29, 1.82) is 0 Å². The summed E-state index contributed by atoms with van der Waals surface area (Å²) in [4.78, 5) is 13.6. The minimum absolute atomic E-state index is 0.703. The van der Waals surface area contributed by atoms with E-state index in [1.807, 2.05) is 6.07 Å². The lowest BCUT2D eigenvalue weighted by Crippen LogP contribution is -2.36. The van der Waals surface area contributed by atoms with Gasteiger partial charge in [0.2, 0.25) is 0 Å². The van der Waals surface area contributed by atoms with Crippen LogP contribution in [0.5, 0.6) is 0 Å². The molecule has 0 saturated heterocycles. The van der Waals surface area contributed by atoms with Crippen LogP contribution in [0.25, 0.3) is 0 Å². The molecule has 1 aliphatic rings. The Balaban J connectivity index is 2.09. The van der Waals surface area contributed by atoms with Gasteiger partial charge >= 0.3 is 0 Å². The summed E-state index contributed by atoms with van der Waals surface area (Å²) in [7, 11) is 2.11. The molecule has 1 aliphatic carbocycles. The van der Waals surface area contributed by atoms with Crippen LogP contribution in [0, 0.1) is 0 Å². The van der Waals surface area contributed by atoms with Gasteiger partial charge in [-0.3, -0.25) is 4.79 Å². The van der Waals surface area contributed by atoms with E-state index in [2.05, 4.69) is 17.3 Å². The number of hydrogen-bond donors (Lipinski definition) is 0. The molecule has 1 aromatic rings. The predicted octanol–water partition coefficient (Wildman–Crippen LogP) is 2.55. The molecule has 2 rings (SSSR count). The summed E-state index contributed by atoms with van der Waals surface area (Å²) in [6.45, 7) is 0. The van der Waals surface area contributed by atoms with Gasteiger partial charge in [-0.2, -0.15) is 0 Å². The number of aldehydes is 1. The van der Waals surface area contributed by atoms with E-state index >= 15 is 0 Å². The molecular formula is C10H13NOS. The Kier molecular flexibility index (Phi) is 2.36. The second-order valence-electron chi connectivity index (χ2n) is 3.52. The summed E-state index contributed by atoms with van der Waals surface area (Å²) in [5, 5.41) is 2.06. The van der Waals surface area contributed by atoms with Gasteiger partial charge in [-0.05, 0) is 25.3 Å². The first-order chi connectivity index (χ1) is 6.31. The quantitative estimate of drug-likeness (QED) is 0.691. The Labute approximate surface area is 82.2 Å². The van der Waals surface area contributed by atoms with E-state index < -0.39 is 0 Å². The molecule has 0 bridgehead atoms. The molecule has 0 radical (unpaired) electrons. The Morgan fingerprint density at radius 1 is 1.62 bits per heavy atom. The zero-order chi connectivity index (χ0) is 9.26. The molecule has 0 spiro atoms. The standard InChI is InChI=1S/C10H13NOS/c1-11(8-3-2-4-8)9-5-10(6-12)13-7-9/h5-8H,2-4H2,1H3. The largest absolute Gasteiger partial charge is 0.371 e. The topological polar surface area (TPSA) is 20.3 Å². The Morgan fingerprint density at radius 3 is 2.85 bits per heavy atom. The molecule has 70 valence electrons. The van der Waals surface area contributed by atoms with Crippen molar-refractivity contribution in [3.8, 4) is 0 Å². The van der Waals surface area contributed by atoms with Crippen molar-refractivity contribution in [2.45, 2.75) is 25.3 Å². The average molecular weight is 195 g/mol. The van der Waals surface area contributed by atoms with Crippen molar-refractivity contribution >= 4 is 23.3 Å². The first kappa shape index (κ1) is 8.75. The number of hydrogen-bond acceptors (Lipinski definition) is 3. The van der Waals surface area contributed by atoms with Crippen LogP contribution in [0.4, 0.5) is 5.69 Å². The zero-order valence-electron chi connectivity index (χ0n) is 7.69. The number of thiophene rings is 1. The minimum atomic E-state index is 0.703. The highest BCUT2D eigenvalue weighted by molar-refractivity contribution is 7.12. The predicted molar refractivity (Wildman–Crippen MR) is 55.7 cm³/mol. The monoisotopic (exact) mass is 195 g/mol. The molecule has 0 N–H and O–H groups in total. The molecule has 0 amide bonds. The van der Waals surface area contributed by atoms with Gasteiger partial charge in [0.25, 0.3) is 0 Å². The maximum atomic E-state index is 10.5. The molecule has 0 atom stereocenters. The number of carbonyl (C=O) groups excluding carboxylic acids is 1. The molecule has 0 unspecified atom stereocenters. The summed E-state index contributed by atoms with van der Waals surface area (Å²) < 4.78 is 0. The van der Waals surface area contributed by atoms with Crippen LogP contribution in [0.15, 0.2) is 11.4 Å². The summed E-state index contributed by atoms with van der Waals surface area (Å²) >= 11 is 1.52. The molecule has 1 fully saturated rings. The summed E-state index contributed by atoms with van der Waals surface area (Å²) in [5.41, 5.74) is 1.19. The number of carbonyl (C=O) groups is 1. The van der Waals surface area contributed by atoms with Gasteiger partial charge in [0.05, 0.1) is 4.88 Å². The lowest BCUT2D eigenvalue weighted by Gasteiger charge is -2.35. The van der Waals surface area contributed by atoms with Gasteiger partial charge in [0, 0.05) is 24.2 Å². The maximum absolute atomic E-state index is 10.5. The van der Waals surface area contributed by atoms with Crippen LogP contribution in [-0.4, -0.2) is 19.4 Å². The molecule has 2 nitrogen and oxygen atoms in total. The Morgan fingerprint density at radius 2 is 2.38 bits per heavy atom. The van der Waals surface area contributed by atoms with Crippen molar-refractivity contribution in [2.24, 2.45) is 0 Å². The van der Waals surface area contributed by atoms with E-state index in [1.54, 1.807) is 0 Å². The summed E-state index contributed by atoms with van der Waals surface area (Å²) in [5.74, 6) is 0. The van der Waals surface area contributed by atoms with Gasteiger partial charge in [0.15, 0.2) is 6.29 Å². The zero-order valence-corrected chi connectivity index (χ0v) is 8.51. The van der Waals surface area contributed by atoms with Crippen LogP contribution in [-0.2, 0) is 0 Å². The van der Waals surface area contributed by atoms with E-state index in [4.69, 9.17) is 0 Å². The first-order valence-corrected chi connectivity index (χ1v) is 5.46. The van der Waals surface area contributed by atoms with Crippen molar-refractivity contribution in [2.75, 3.05) is 11.9 Å². The third-order valence-corrected chi connectivity index (χ3v) is 3.60. The Bertz CT molecular complexity index is 304. The normalized spacial score (nSPS) is 16.7. The summed E-state index contributed by atoms with van der Waals surface area (Å²) in [6.07, 6.45) is 4.86. The van der Waals surface area contributed by atoms with E-state index in [1.165, 1.54) is 36.3 Å². The van der Waals surface area contributed by atoms with E-state index in [0.29, 0.717) is 6.04 Å². The van der Waals surface area contributed by atoms with Crippen molar-refractivity contribution in [3.05, 3.63) is 16.3 Å². The van der Waals surface area contributed by atoms with Gasteiger partial charge < -0.3 is 4.90 Å². The molecule has 1 saturated carbocycles. The number of rotatable bonds is 3. The van der Waals surface area contributed by atoms with E-state index in [-0.39, 0.29) is 0 Å². The van der Waals surface area contributed by atoms with Crippen molar-refractivity contribution in [1.82, 2.24) is 0 Å². The van der Waals surface area contributed by atoms with Gasteiger partial charge in [-0.15, -0.1) is 11.3 Å². The minimum Gasteiger partial charge on any atom is -0.371 e. The SMILES string of the molecule is CN(c1csc(C=O)c1)C1CCC1. The highest BCUT2D eigenvalue weighted by Gasteiger charge is 2.22. The van der Waals surface area contributed by atoms with Crippen molar-refractivity contribution in [3.63, 3.8) is 0 Å². The lowest BCUT2D eigenvalue weighted by atomic mass is 9.92. The molecule has 1 heterocycles. The second-order valence-corrected chi connectivity index (χ2v) is 4.46. The van der Waals surface area contributed by atoms with Crippen LogP contribution < -0.4 is 4.90 Å². The van der Waals surface area contributed by atoms with E-state index in [0.717, 1.165) is 11.2 Å². The van der Waals surface area contributed by atoms with Crippen LogP contribution in [0.2, 0.25) is 0 Å². The fourth-order valence-corrected chi connectivity index (χ4v) is 2.31. The second kappa shape index (κ2) is 3.50. The summed E-state index contributed by atoms with van der Waals surface area (Å²) in [6, 6.07) is 2.67. The molecular weight excluding hydrogens is 182 g/mol. The van der Waals surface area contributed by atoms with Crippen LogP contribution in [0.1, 0.15) is 28.9 Å². The third kappa shape index (κ3) is 1.61. The third-order valence-electron chi connectivity index (χ3n) is 2.75. The molecule has 0 aromatic carbocycles. The number of nitrogens with zero attached hydrogens (tertiary/aromatic N) is 1. The molecule has 3 heteroatoms. The van der Waals surface area contributed by atoms with Gasteiger partial charge in [-0.1, -0.05) is 0 Å². The smallest absolute Gasteiger partial charge is 0.160 e. The highest BCUT2D eigenvalue weighted by atomic mass is 32.1. The lowest BCUT2D eigenvalue weighted by molar-refractivity contribution is 0.112. The van der Waals surface area contributed by atoms with Gasteiger partial charge in [-0.25, -0.2) is 0 Å². The van der Waals surface area contributed by atoms with Crippen LogP contribution >= 0.6 is 11.3 Å². The first-order valence-electron chi connectivity index (χ1n) is 4.58.